The zero-order valence-electron chi connectivity index (χ0n) is 9.06. The molecule has 84 valence electrons. The molecule has 3 heteroatoms. The lowest BCUT2D eigenvalue weighted by Gasteiger charge is -2.47. The van der Waals surface area contributed by atoms with Gasteiger partial charge in [0.1, 0.15) is 6.04 Å². The Morgan fingerprint density at radius 3 is 2.20 bits per heavy atom. The van der Waals surface area contributed by atoms with Crippen molar-refractivity contribution in [3.8, 4) is 0 Å². The number of rotatable bonds is 3. The predicted molar refractivity (Wildman–Crippen MR) is 56.6 cm³/mol. The van der Waals surface area contributed by atoms with Crippen LogP contribution in [0.15, 0.2) is 0 Å². The summed E-state index contributed by atoms with van der Waals surface area (Å²) in [4.78, 5) is 13.6. The number of carbonyl (C=O) groups is 1. The summed E-state index contributed by atoms with van der Waals surface area (Å²) in [6.45, 7) is 1.05. The molecule has 2 aliphatic heterocycles. The van der Waals surface area contributed by atoms with Crippen LogP contribution in [0.2, 0.25) is 0 Å². The van der Waals surface area contributed by atoms with Crippen LogP contribution in [0.1, 0.15) is 38.5 Å². The van der Waals surface area contributed by atoms with Gasteiger partial charge in [0.2, 0.25) is 0 Å². The molecule has 3 nitrogen and oxygen atoms in total. The fourth-order valence-corrected chi connectivity index (χ4v) is 3.47. The molecule has 4 fully saturated rings. The van der Waals surface area contributed by atoms with Crippen LogP contribution in [0, 0.1) is 11.8 Å². The van der Waals surface area contributed by atoms with Gasteiger partial charge in [-0.1, -0.05) is 0 Å². The highest BCUT2D eigenvalue weighted by atomic mass is 16.4. The van der Waals surface area contributed by atoms with Crippen molar-refractivity contribution in [2.75, 3.05) is 6.54 Å². The smallest absolute Gasteiger partial charge is 0.321 e. The number of fused-ring (bicyclic) bond motifs is 3. The maximum absolute atomic E-state index is 11.3. The van der Waals surface area contributed by atoms with Crippen LogP contribution >= 0.6 is 0 Å². The number of carboxylic acid groups (broad SMARTS) is 1. The molecule has 0 radical (unpaired) electrons. The molecule has 2 aliphatic carbocycles. The monoisotopic (exact) mass is 209 g/mol. The summed E-state index contributed by atoms with van der Waals surface area (Å²) in [6.07, 6.45) is 7.40. The third kappa shape index (κ3) is 1.67. The summed E-state index contributed by atoms with van der Waals surface area (Å²) >= 11 is 0. The van der Waals surface area contributed by atoms with Crippen LogP contribution < -0.4 is 0 Å². The van der Waals surface area contributed by atoms with Gasteiger partial charge in [-0.05, 0) is 50.4 Å². The lowest BCUT2D eigenvalue weighted by atomic mass is 9.79. The zero-order chi connectivity index (χ0) is 10.4. The van der Waals surface area contributed by atoms with E-state index in [1.165, 1.54) is 25.7 Å². The van der Waals surface area contributed by atoms with Gasteiger partial charge in [-0.25, -0.2) is 0 Å². The lowest BCUT2D eigenvalue weighted by molar-refractivity contribution is -0.148. The van der Waals surface area contributed by atoms with Gasteiger partial charge in [-0.2, -0.15) is 0 Å². The Morgan fingerprint density at radius 1 is 1.13 bits per heavy atom. The minimum Gasteiger partial charge on any atom is -0.480 e. The van der Waals surface area contributed by atoms with Crippen molar-refractivity contribution in [3.05, 3.63) is 0 Å². The van der Waals surface area contributed by atoms with E-state index in [9.17, 15) is 9.90 Å². The zero-order valence-corrected chi connectivity index (χ0v) is 9.06. The third-order valence-electron chi connectivity index (χ3n) is 4.43. The van der Waals surface area contributed by atoms with E-state index in [4.69, 9.17) is 0 Å². The van der Waals surface area contributed by atoms with E-state index in [0.717, 1.165) is 25.3 Å². The summed E-state index contributed by atoms with van der Waals surface area (Å²) in [6, 6.07) is 0.426. The Bertz CT molecular complexity index is 267. The molecule has 15 heavy (non-hydrogen) atoms. The minimum atomic E-state index is -0.579. The molecule has 2 heterocycles. The second kappa shape index (κ2) is 3.48. The molecular weight excluding hydrogens is 190 g/mol. The maximum Gasteiger partial charge on any atom is 0.321 e. The van der Waals surface area contributed by atoms with E-state index >= 15 is 0 Å². The fraction of sp³-hybridized carbons (Fsp3) is 0.917. The SMILES string of the molecule is O=C(O)C(C1CC1)N1CC2CCC1CC2. The Kier molecular flexibility index (Phi) is 2.23. The average molecular weight is 209 g/mol. The molecular formula is C12H19NO2. The van der Waals surface area contributed by atoms with Gasteiger partial charge in [0.25, 0.3) is 0 Å². The lowest BCUT2D eigenvalue weighted by Crippen LogP contribution is -2.56. The first kappa shape index (κ1) is 9.64. The van der Waals surface area contributed by atoms with Crippen LogP contribution in [0.25, 0.3) is 0 Å². The van der Waals surface area contributed by atoms with Gasteiger partial charge in [-0.15, -0.1) is 0 Å². The van der Waals surface area contributed by atoms with E-state index in [1.54, 1.807) is 0 Å². The van der Waals surface area contributed by atoms with Crippen molar-refractivity contribution >= 4 is 5.97 Å². The van der Waals surface area contributed by atoms with Crippen molar-refractivity contribution in [2.24, 2.45) is 11.8 Å². The predicted octanol–water partition coefficient (Wildman–Crippen LogP) is 1.72. The van der Waals surface area contributed by atoms with Crippen molar-refractivity contribution < 1.29 is 9.90 Å². The molecule has 2 saturated carbocycles. The van der Waals surface area contributed by atoms with Gasteiger partial charge in [0, 0.05) is 12.6 Å². The van der Waals surface area contributed by atoms with Crippen molar-refractivity contribution in [1.82, 2.24) is 4.90 Å². The first-order valence-corrected chi connectivity index (χ1v) is 6.24. The van der Waals surface area contributed by atoms with Crippen LogP contribution in [0.3, 0.4) is 0 Å². The molecule has 1 unspecified atom stereocenters. The third-order valence-corrected chi connectivity index (χ3v) is 4.43. The summed E-state index contributed by atoms with van der Waals surface area (Å²) in [5, 5.41) is 9.32. The number of piperidine rings is 2. The molecule has 2 saturated heterocycles. The largest absolute Gasteiger partial charge is 0.480 e. The number of nitrogens with zero attached hydrogens (tertiary/aromatic N) is 1. The minimum absolute atomic E-state index is 0.155. The first-order valence-electron chi connectivity index (χ1n) is 6.24. The van der Waals surface area contributed by atoms with Crippen LogP contribution in [-0.2, 0) is 4.79 Å². The molecule has 1 atom stereocenters. The second-order valence-electron chi connectivity index (χ2n) is 5.49. The van der Waals surface area contributed by atoms with Crippen molar-refractivity contribution in [1.29, 1.82) is 0 Å². The molecule has 0 amide bonds. The highest BCUT2D eigenvalue weighted by molar-refractivity contribution is 5.74. The number of aliphatic carboxylic acids is 1. The van der Waals surface area contributed by atoms with Crippen LogP contribution in [0.5, 0.6) is 0 Å². The van der Waals surface area contributed by atoms with Crippen LogP contribution in [0.4, 0.5) is 0 Å². The molecule has 0 spiro atoms. The number of hydrogen-bond acceptors (Lipinski definition) is 2. The van der Waals surface area contributed by atoms with Crippen LogP contribution in [-0.4, -0.2) is 34.6 Å². The van der Waals surface area contributed by atoms with Gasteiger partial charge in [-0.3, -0.25) is 9.69 Å². The van der Waals surface area contributed by atoms with Gasteiger partial charge in [0.15, 0.2) is 0 Å². The summed E-state index contributed by atoms with van der Waals surface area (Å²) < 4.78 is 0. The highest BCUT2D eigenvalue weighted by Crippen LogP contribution is 2.42. The van der Waals surface area contributed by atoms with Crippen molar-refractivity contribution in [2.45, 2.75) is 50.6 Å². The summed E-state index contributed by atoms with van der Waals surface area (Å²) in [5.41, 5.74) is 0. The summed E-state index contributed by atoms with van der Waals surface area (Å²) in [5.74, 6) is 0.669. The Morgan fingerprint density at radius 2 is 1.80 bits per heavy atom. The molecule has 4 rings (SSSR count). The summed E-state index contributed by atoms with van der Waals surface area (Å²) in [7, 11) is 0. The fourth-order valence-electron chi connectivity index (χ4n) is 3.47. The van der Waals surface area contributed by atoms with E-state index in [1.807, 2.05) is 0 Å². The van der Waals surface area contributed by atoms with Crippen molar-refractivity contribution in [3.63, 3.8) is 0 Å². The van der Waals surface area contributed by atoms with E-state index in [-0.39, 0.29) is 6.04 Å². The molecule has 0 aromatic rings. The average Bonchev–Trinajstić information content (AvgIpc) is 3.04. The highest BCUT2D eigenvalue weighted by Gasteiger charge is 2.46. The van der Waals surface area contributed by atoms with Gasteiger partial charge in [0.05, 0.1) is 0 Å². The number of carboxylic acids is 1. The Hall–Kier alpha value is -0.570. The number of hydrogen-bond donors (Lipinski definition) is 1. The first-order chi connectivity index (χ1) is 7.25. The van der Waals surface area contributed by atoms with Gasteiger partial charge < -0.3 is 5.11 Å². The second-order valence-corrected chi connectivity index (χ2v) is 5.49. The Balaban J connectivity index is 1.76. The van der Waals surface area contributed by atoms with E-state index in [0.29, 0.717) is 12.0 Å². The molecule has 1 N–H and O–H groups in total. The Labute approximate surface area is 90.5 Å². The molecule has 0 aromatic heterocycles. The van der Waals surface area contributed by atoms with E-state index < -0.39 is 5.97 Å². The molecule has 0 aromatic carbocycles. The maximum atomic E-state index is 11.3. The normalized spacial score (nSPS) is 37.9. The van der Waals surface area contributed by atoms with E-state index in [2.05, 4.69) is 4.90 Å². The molecule has 4 aliphatic rings. The quantitative estimate of drug-likeness (QED) is 0.769. The standard InChI is InChI=1S/C12H19NO2/c14-12(15)11(9-3-4-9)13-7-8-1-5-10(13)6-2-8/h8-11H,1-7H2,(H,14,15). The van der Waals surface area contributed by atoms with Gasteiger partial charge >= 0.3 is 5.97 Å². The topological polar surface area (TPSA) is 40.5 Å². The molecule has 2 bridgehead atoms.